The van der Waals surface area contributed by atoms with Crippen LogP contribution in [0.15, 0.2) is 17.4 Å². The lowest BCUT2D eigenvalue weighted by Crippen LogP contribution is -2.02. The van der Waals surface area contributed by atoms with Crippen molar-refractivity contribution in [1.82, 2.24) is 9.97 Å². The van der Waals surface area contributed by atoms with Crippen molar-refractivity contribution in [3.05, 3.63) is 18.0 Å². The number of thioether (sulfide) groups is 1. The molecule has 0 radical (unpaired) electrons. The highest BCUT2D eigenvalue weighted by molar-refractivity contribution is 7.99. The largest absolute Gasteiger partial charge is 0.477 e. The number of aromatic nitrogens is 2. The molecule has 1 heterocycles. The number of carbonyl (C=O) groups is 1. The minimum absolute atomic E-state index is 0.0271. The lowest BCUT2D eigenvalue weighted by Gasteiger charge is -2.00. The van der Waals surface area contributed by atoms with Gasteiger partial charge in [-0.25, -0.2) is 14.8 Å². The first-order chi connectivity index (χ1) is 7.24. The van der Waals surface area contributed by atoms with Crippen LogP contribution in [0.1, 0.15) is 16.9 Å². The molecule has 0 aromatic carbocycles. The summed E-state index contributed by atoms with van der Waals surface area (Å²) >= 11 is 1.43. The zero-order valence-electron chi connectivity index (χ0n) is 8.34. The van der Waals surface area contributed by atoms with Crippen molar-refractivity contribution in [1.29, 1.82) is 0 Å². The number of hydrogen-bond donors (Lipinski definition) is 1. The molecule has 1 N–H and O–H groups in total. The van der Waals surface area contributed by atoms with Gasteiger partial charge < -0.3 is 9.84 Å². The molecule has 0 spiro atoms. The van der Waals surface area contributed by atoms with Crippen LogP contribution in [0.25, 0.3) is 0 Å². The summed E-state index contributed by atoms with van der Waals surface area (Å²) in [5, 5.41) is 9.19. The Morgan fingerprint density at radius 3 is 3.13 bits per heavy atom. The second-order valence-corrected chi connectivity index (χ2v) is 3.79. The quantitative estimate of drug-likeness (QED) is 0.449. The van der Waals surface area contributed by atoms with Gasteiger partial charge in [0.15, 0.2) is 10.9 Å². The number of rotatable bonds is 6. The average Bonchev–Trinajstić information content (AvgIpc) is 2.25. The first kappa shape index (κ1) is 11.9. The van der Waals surface area contributed by atoms with Crippen molar-refractivity contribution >= 4 is 17.7 Å². The highest BCUT2D eigenvalue weighted by atomic mass is 32.2. The van der Waals surface area contributed by atoms with Gasteiger partial charge in [-0.1, -0.05) is 11.8 Å². The van der Waals surface area contributed by atoms with Gasteiger partial charge in [0.05, 0.1) is 0 Å². The van der Waals surface area contributed by atoms with Gasteiger partial charge in [0, 0.05) is 25.7 Å². The summed E-state index contributed by atoms with van der Waals surface area (Å²) in [5.41, 5.74) is 0.0271. The predicted molar refractivity (Wildman–Crippen MR) is 56.2 cm³/mol. The van der Waals surface area contributed by atoms with E-state index >= 15 is 0 Å². The zero-order chi connectivity index (χ0) is 11.1. The van der Waals surface area contributed by atoms with E-state index in [4.69, 9.17) is 9.84 Å². The monoisotopic (exact) mass is 228 g/mol. The molecule has 1 aromatic heterocycles. The molecule has 0 bridgehead atoms. The minimum Gasteiger partial charge on any atom is -0.477 e. The van der Waals surface area contributed by atoms with Gasteiger partial charge in [0.2, 0.25) is 0 Å². The molecule has 1 rings (SSSR count). The summed E-state index contributed by atoms with van der Waals surface area (Å²) in [5.74, 6) is -0.215. The molecule has 1 aromatic rings. The summed E-state index contributed by atoms with van der Waals surface area (Å²) in [6, 6.07) is 1.38. The molecule has 0 aliphatic heterocycles. The van der Waals surface area contributed by atoms with Crippen molar-refractivity contribution in [2.75, 3.05) is 19.5 Å². The molecule has 0 unspecified atom stereocenters. The van der Waals surface area contributed by atoms with E-state index in [1.807, 2.05) is 0 Å². The van der Waals surface area contributed by atoms with Crippen molar-refractivity contribution in [3.8, 4) is 0 Å². The van der Waals surface area contributed by atoms with E-state index in [0.717, 1.165) is 12.2 Å². The SMILES string of the molecule is COCCCSc1nccc(C(=O)O)n1. The molecule has 0 aliphatic carbocycles. The summed E-state index contributed by atoms with van der Waals surface area (Å²) in [4.78, 5) is 18.5. The molecule has 0 atom stereocenters. The van der Waals surface area contributed by atoms with Crippen LogP contribution in [-0.2, 0) is 4.74 Å². The van der Waals surface area contributed by atoms with Crippen LogP contribution in [0.3, 0.4) is 0 Å². The first-order valence-corrected chi connectivity index (χ1v) is 5.40. The molecule has 0 fully saturated rings. The van der Waals surface area contributed by atoms with Gasteiger partial charge in [-0.05, 0) is 12.5 Å². The summed E-state index contributed by atoms with van der Waals surface area (Å²) in [6.07, 6.45) is 2.34. The normalized spacial score (nSPS) is 10.2. The fraction of sp³-hybridized carbons (Fsp3) is 0.444. The molecule has 0 saturated carbocycles. The van der Waals surface area contributed by atoms with E-state index < -0.39 is 5.97 Å². The zero-order valence-corrected chi connectivity index (χ0v) is 9.16. The van der Waals surface area contributed by atoms with E-state index in [1.165, 1.54) is 24.0 Å². The van der Waals surface area contributed by atoms with E-state index in [-0.39, 0.29) is 5.69 Å². The van der Waals surface area contributed by atoms with Crippen molar-refractivity contribution in [2.45, 2.75) is 11.6 Å². The molecule has 0 aliphatic rings. The summed E-state index contributed by atoms with van der Waals surface area (Å²) < 4.78 is 4.89. The lowest BCUT2D eigenvalue weighted by molar-refractivity contribution is 0.0689. The van der Waals surface area contributed by atoms with Crippen molar-refractivity contribution in [3.63, 3.8) is 0 Å². The first-order valence-electron chi connectivity index (χ1n) is 4.42. The fourth-order valence-electron chi connectivity index (χ4n) is 0.896. The highest BCUT2D eigenvalue weighted by Gasteiger charge is 2.05. The number of carboxylic acid groups (broad SMARTS) is 1. The van der Waals surface area contributed by atoms with Crippen LogP contribution in [0, 0.1) is 0 Å². The third-order valence-corrected chi connectivity index (χ3v) is 2.52. The number of ether oxygens (including phenoxy) is 1. The van der Waals surface area contributed by atoms with Crippen LogP contribution in [0.4, 0.5) is 0 Å². The van der Waals surface area contributed by atoms with Crippen LogP contribution >= 0.6 is 11.8 Å². The molecule has 0 amide bonds. The van der Waals surface area contributed by atoms with Gasteiger partial charge in [-0.2, -0.15) is 0 Å². The summed E-state index contributed by atoms with van der Waals surface area (Å²) in [6.45, 7) is 0.686. The van der Waals surface area contributed by atoms with Crippen LogP contribution < -0.4 is 0 Å². The standard InChI is InChI=1S/C9H12N2O3S/c1-14-5-2-6-15-9-10-4-3-7(11-9)8(12)13/h3-4H,2,5-6H2,1H3,(H,12,13). The van der Waals surface area contributed by atoms with E-state index in [1.54, 1.807) is 7.11 Å². The number of methoxy groups -OCH3 is 1. The van der Waals surface area contributed by atoms with Crippen LogP contribution in [0.2, 0.25) is 0 Å². The Morgan fingerprint density at radius 1 is 1.67 bits per heavy atom. The van der Waals surface area contributed by atoms with E-state index in [9.17, 15) is 4.79 Å². The third-order valence-electron chi connectivity index (χ3n) is 1.58. The van der Waals surface area contributed by atoms with Crippen LogP contribution in [0.5, 0.6) is 0 Å². The van der Waals surface area contributed by atoms with Gasteiger partial charge in [0.1, 0.15) is 0 Å². The molecule has 5 nitrogen and oxygen atoms in total. The average molecular weight is 228 g/mol. The van der Waals surface area contributed by atoms with E-state index in [2.05, 4.69) is 9.97 Å². The number of carboxylic acids is 1. The van der Waals surface area contributed by atoms with Gasteiger partial charge in [-0.3, -0.25) is 0 Å². The topological polar surface area (TPSA) is 72.3 Å². The molecular weight excluding hydrogens is 216 g/mol. The maximum absolute atomic E-state index is 10.6. The molecule has 82 valence electrons. The predicted octanol–water partition coefficient (Wildman–Crippen LogP) is 1.30. The minimum atomic E-state index is -1.03. The lowest BCUT2D eigenvalue weighted by atomic mass is 10.4. The van der Waals surface area contributed by atoms with Gasteiger partial charge in [-0.15, -0.1) is 0 Å². The Hall–Kier alpha value is -1.14. The number of aromatic carboxylic acids is 1. The third kappa shape index (κ3) is 4.26. The number of hydrogen-bond acceptors (Lipinski definition) is 5. The number of nitrogens with zero attached hydrogens (tertiary/aromatic N) is 2. The molecule has 6 heteroatoms. The van der Waals surface area contributed by atoms with Crippen LogP contribution in [-0.4, -0.2) is 40.5 Å². The van der Waals surface area contributed by atoms with Crippen molar-refractivity contribution in [2.24, 2.45) is 0 Å². The van der Waals surface area contributed by atoms with Gasteiger partial charge in [0.25, 0.3) is 0 Å². The Morgan fingerprint density at radius 2 is 2.47 bits per heavy atom. The molecular formula is C9H12N2O3S. The second-order valence-electron chi connectivity index (χ2n) is 2.72. The summed E-state index contributed by atoms with van der Waals surface area (Å²) in [7, 11) is 1.65. The Bertz CT molecular complexity index is 333. The maximum Gasteiger partial charge on any atom is 0.354 e. The Kier molecular flexibility index (Phi) is 5.06. The second kappa shape index (κ2) is 6.36. The van der Waals surface area contributed by atoms with Crippen molar-refractivity contribution < 1.29 is 14.6 Å². The Balaban J connectivity index is 2.47. The van der Waals surface area contributed by atoms with E-state index in [0.29, 0.717) is 11.8 Å². The fourth-order valence-corrected chi connectivity index (χ4v) is 1.64. The van der Waals surface area contributed by atoms with Gasteiger partial charge >= 0.3 is 5.97 Å². The smallest absolute Gasteiger partial charge is 0.354 e. The molecule has 15 heavy (non-hydrogen) atoms. The molecule has 0 saturated heterocycles. The highest BCUT2D eigenvalue weighted by Crippen LogP contribution is 2.13. The Labute approximate surface area is 91.9 Å². The maximum atomic E-state index is 10.6.